The maximum absolute atomic E-state index is 9.23. The first-order valence-corrected chi connectivity index (χ1v) is 7.12. The van der Waals surface area contributed by atoms with E-state index in [1.54, 1.807) is 0 Å². The Labute approximate surface area is 117 Å². The molecule has 0 aliphatic carbocycles. The standard InChI is InChI=1S/C14H16N4S/c1-3-13-16-14(18-17-13)19-12(9-15)8-11-6-4-10(2)5-7-11/h4-7,12H,3,8H2,1-2H3,(H,16,17,18)/t12-/m1/s1. The zero-order valence-corrected chi connectivity index (χ0v) is 11.9. The highest BCUT2D eigenvalue weighted by Crippen LogP contribution is 2.22. The van der Waals surface area contributed by atoms with Gasteiger partial charge in [0.05, 0.1) is 6.07 Å². The molecule has 0 saturated carbocycles. The van der Waals surface area contributed by atoms with Crippen LogP contribution in [0.15, 0.2) is 29.4 Å². The fraction of sp³-hybridized carbons (Fsp3) is 0.357. The van der Waals surface area contributed by atoms with Crippen LogP contribution in [0.5, 0.6) is 0 Å². The molecule has 0 saturated heterocycles. The lowest BCUT2D eigenvalue weighted by molar-refractivity contribution is 0.938. The van der Waals surface area contributed by atoms with Gasteiger partial charge < -0.3 is 0 Å². The Morgan fingerprint density at radius 3 is 2.68 bits per heavy atom. The molecule has 19 heavy (non-hydrogen) atoms. The van der Waals surface area contributed by atoms with Gasteiger partial charge in [0.1, 0.15) is 11.1 Å². The third-order valence-electron chi connectivity index (χ3n) is 2.78. The van der Waals surface area contributed by atoms with Crippen LogP contribution in [0.4, 0.5) is 0 Å². The maximum Gasteiger partial charge on any atom is 0.209 e. The van der Waals surface area contributed by atoms with E-state index in [1.165, 1.54) is 17.3 Å². The van der Waals surface area contributed by atoms with E-state index >= 15 is 0 Å². The van der Waals surface area contributed by atoms with Crippen molar-refractivity contribution in [1.82, 2.24) is 15.2 Å². The van der Waals surface area contributed by atoms with Crippen LogP contribution >= 0.6 is 11.8 Å². The Morgan fingerprint density at radius 1 is 1.37 bits per heavy atom. The van der Waals surface area contributed by atoms with E-state index in [1.807, 2.05) is 6.92 Å². The molecule has 0 bridgehead atoms. The molecule has 98 valence electrons. The topological polar surface area (TPSA) is 65.4 Å². The highest BCUT2D eigenvalue weighted by molar-refractivity contribution is 8.00. The predicted molar refractivity (Wildman–Crippen MR) is 75.9 cm³/mol. The third kappa shape index (κ3) is 3.83. The van der Waals surface area contributed by atoms with Crippen molar-refractivity contribution in [3.63, 3.8) is 0 Å². The number of rotatable bonds is 5. The van der Waals surface area contributed by atoms with E-state index in [0.29, 0.717) is 11.6 Å². The van der Waals surface area contributed by atoms with E-state index < -0.39 is 0 Å². The van der Waals surface area contributed by atoms with Gasteiger partial charge >= 0.3 is 0 Å². The van der Waals surface area contributed by atoms with Gasteiger partial charge in [0, 0.05) is 6.42 Å². The van der Waals surface area contributed by atoms with Crippen LogP contribution in [0, 0.1) is 18.3 Å². The summed E-state index contributed by atoms with van der Waals surface area (Å²) in [5.41, 5.74) is 2.39. The van der Waals surface area contributed by atoms with Crippen molar-refractivity contribution >= 4 is 11.8 Å². The molecule has 0 amide bonds. The fourth-order valence-electron chi connectivity index (χ4n) is 1.67. The number of aromatic nitrogens is 3. The summed E-state index contributed by atoms with van der Waals surface area (Å²) >= 11 is 1.41. The normalized spacial score (nSPS) is 12.1. The van der Waals surface area contributed by atoms with Crippen molar-refractivity contribution < 1.29 is 0 Å². The lowest BCUT2D eigenvalue weighted by Crippen LogP contribution is -2.04. The molecule has 0 radical (unpaired) electrons. The van der Waals surface area contributed by atoms with Crippen molar-refractivity contribution in [3.05, 3.63) is 41.2 Å². The summed E-state index contributed by atoms with van der Waals surface area (Å²) in [7, 11) is 0. The molecule has 0 fully saturated rings. The van der Waals surface area contributed by atoms with Crippen molar-refractivity contribution in [2.45, 2.75) is 37.1 Å². The molecule has 0 spiro atoms. The minimum absolute atomic E-state index is 0.164. The van der Waals surface area contributed by atoms with Gasteiger partial charge in [-0.3, -0.25) is 5.10 Å². The van der Waals surface area contributed by atoms with Gasteiger partial charge in [0.25, 0.3) is 0 Å². The Bertz CT molecular complexity index is 568. The highest BCUT2D eigenvalue weighted by Gasteiger charge is 2.13. The molecule has 0 aliphatic rings. The second kappa shape index (κ2) is 6.39. The number of benzene rings is 1. The zero-order valence-electron chi connectivity index (χ0n) is 11.1. The summed E-state index contributed by atoms with van der Waals surface area (Å²) in [6, 6.07) is 10.6. The van der Waals surface area contributed by atoms with E-state index in [0.717, 1.165) is 17.8 Å². The summed E-state index contributed by atoms with van der Waals surface area (Å²) in [6.45, 7) is 4.07. The van der Waals surface area contributed by atoms with Crippen LogP contribution in [0.1, 0.15) is 23.9 Å². The van der Waals surface area contributed by atoms with Crippen molar-refractivity contribution in [1.29, 1.82) is 5.26 Å². The van der Waals surface area contributed by atoms with Gasteiger partial charge in [-0.1, -0.05) is 48.5 Å². The van der Waals surface area contributed by atoms with Gasteiger partial charge in [-0.15, -0.1) is 5.10 Å². The van der Waals surface area contributed by atoms with Gasteiger partial charge in [0.2, 0.25) is 5.16 Å². The Kier molecular flexibility index (Phi) is 4.58. The largest absolute Gasteiger partial charge is 0.262 e. The zero-order chi connectivity index (χ0) is 13.7. The molecule has 2 aromatic rings. The number of nitriles is 1. The molecular weight excluding hydrogens is 256 g/mol. The minimum atomic E-state index is -0.164. The second-order valence-electron chi connectivity index (χ2n) is 4.34. The Balaban J connectivity index is 2.00. The molecule has 1 heterocycles. The summed E-state index contributed by atoms with van der Waals surface area (Å²) in [5, 5.41) is 16.7. The summed E-state index contributed by atoms with van der Waals surface area (Å²) in [4.78, 5) is 4.32. The van der Waals surface area contributed by atoms with Crippen molar-refractivity contribution in [2.24, 2.45) is 0 Å². The summed E-state index contributed by atoms with van der Waals surface area (Å²) in [6.07, 6.45) is 1.53. The SMILES string of the molecule is CCc1nc(S[C@@H](C#N)Cc2ccc(C)cc2)n[nH]1. The molecule has 0 unspecified atom stereocenters. The van der Waals surface area contributed by atoms with Crippen LogP contribution in [-0.4, -0.2) is 20.4 Å². The number of nitrogens with one attached hydrogen (secondary N) is 1. The molecule has 2 rings (SSSR count). The summed E-state index contributed by atoms with van der Waals surface area (Å²) in [5.74, 6) is 0.856. The highest BCUT2D eigenvalue weighted by atomic mass is 32.2. The molecular formula is C14H16N4S. The van der Waals surface area contributed by atoms with Crippen molar-refractivity contribution in [2.75, 3.05) is 0 Å². The van der Waals surface area contributed by atoms with Crippen LogP contribution in [-0.2, 0) is 12.8 Å². The first-order chi connectivity index (χ1) is 9.21. The van der Waals surface area contributed by atoms with E-state index in [9.17, 15) is 5.26 Å². The second-order valence-corrected chi connectivity index (χ2v) is 5.51. The van der Waals surface area contributed by atoms with Crippen LogP contribution in [0.2, 0.25) is 0 Å². The first-order valence-electron chi connectivity index (χ1n) is 6.24. The monoisotopic (exact) mass is 272 g/mol. The molecule has 4 nitrogen and oxygen atoms in total. The lowest BCUT2D eigenvalue weighted by atomic mass is 10.1. The molecule has 1 N–H and O–H groups in total. The molecule has 5 heteroatoms. The smallest absolute Gasteiger partial charge is 0.209 e. The maximum atomic E-state index is 9.23. The van der Waals surface area contributed by atoms with Crippen LogP contribution in [0.3, 0.4) is 0 Å². The molecule has 0 aliphatic heterocycles. The average molecular weight is 272 g/mol. The van der Waals surface area contributed by atoms with Gasteiger partial charge in [-0.2, -0.15) is 5.26 Å². The fourth-order valence-corrected chi connectivity index (χ4v) is 2.51. The number of hydrogen-bond donors (Lipinski definition) is 1. The molecule has 1 aromatic heterocycles. The lowest BCUT2D eigenvalue weighted by Gasteiger charge is -2.06. The average Bonchev–Trinajstić information content (AvgIpc) is 2.88. The predicted octanol–water partition coefficient (Wildman–Crippen LogP) is 2.90. The van der Waals surface area contributed by atoms with E-state index in [2.05, 4.69) is 52.4 Å². The quantitative estimate of drug-likeness (QED) is 0.850. The number of aryl methyl sites for hydroxylation is 2. The van der Waals surface area contributed by atoms with Crippen molar-refractivity contribution in [3.8, 4) is 6.07 Å². The van der Waals surface area contributed by atoms with Crippen LogP contribution < -0.4 is 0 Å². The minimum Gasteiger partial charge on any atom is -0.262 e. The first kappa shape index (κ1) is 13.6. The van der Waals surface area contributed by atoms with E-state index in [4.69, 9.17) is 0 Å². The van der Waals surface area contributed by atoms with Gasteiger partial charge in [0.15, 0.2) is 0 Å². The third-order valence-corrected chi connectivity index (χ3v) is 3.73. The number of hydrogen-bond acceptors (Lipinski definition) is 4. The molecule has 1 aromatic carbocycles. The summed E-state index contributed by atoms with van der Waals surface area (Å²) < 4.78 is 0. The molecule has 1 atom stereocenters. The van der Waals surface area contributed by atoms with Gasteiger partial charge in [-0.05, 0) is 18.9 Å². The number of thioether (sulfide) groups is 1. The Morgan fingerprint density at radius 2 is 2.11 bits per heavy atom. The van der Waals surface area contributed by atoms with Gasteiger partial charge in [-0.25, -0.2) is 4.98 Å². The van der Waals surface area contributed by atoms with E-state index in [-0.39, 0.29) is 5.25 Å². The number of nitrogens with zero attached hydrogens (tertiary/aromatic N) is 3. The number of H-pyrrole nitrogens is 1. The number of aromatic amines is 1. The van der Waals surface area contributed by atoms with Crippen LogP contribution in [0.25, 0.3) is 0 Å². The Hall–Kier alpha value is -1.80.